The Morgan fingerprint density at radius 3 is 1.52 bits per heavy atom. The molecule has 0 amide bonds. The van der Waals surface area contributed by atoms with Gasteiger partial charge < -0.3 is 0 Å². The van der Waals surface area contributed by atoms with Gasteiger partial charge in [0.05, 0.1) is 5.44 Å². The van der Waals surface area contributed by atoms with Gasteiger partial charge in [-0.25, -0.2) is 26.3 Å². The number of aromatic nitrogens is 1. The lowest BCUT2D eigenvalue weighted by Gasteiger charge is -2.19. The summed E-state index contributed by atoms with van der Waals surface area (Å²) < 4.78 is 82.2. The predicted octanol–water partition coefficient (Wildman–Crippen LogP) is 3.67. The normalized spacial score (nSPS) is 11.2. The average Bonchev–Trinajstić information content (AvgIpc) is 2.58. The molecule has 25 heavy (non-hydrogen) atoms. The van der Waals surface area contributed by atoms with E-state index < -0.39 is 53.4 Å². The van der Waals surface area contributed by atoms with Crippen molar-refractivity contribution in [3.63, 3.8) is 0 Å². The molecule has 0 atom stereocenters. The van der Waals surface area contributed by atoms with Crippen molar-refractivity contribution in [3.05, 3.63) is 83.6 Å². The van der Waals surface area contributed by atoms with Crippen LogP contribution in [0.2, 0.25) is 0 Å². The predicted molar refractivity (Wildman–Crippen MR) is 82.7 cm³/mol. The Bertz CT molecular complexity index is 875. The standard InChI is InChI=1S/C17H8F6NP/c18-9-5-13(22)15(7-11(9)20)25(17-3-1-2-4-24-17)16-8-12(21)10(19)6-14(16)23/h1-8H. The largest absolute Gasteiger partial charge is 0.256 e. The average molecular weight is 371 g/mol. The smallest absolute Gasteiger partial charge is 0.161 e. The minimum Gasteiger partial charge on any atom is -0.256 e. The van der Waals surface area contributed by atoms with Crippen LogP contribution in [0.3, 0.4) is 0 Å². The van der Waals surface area contributed by atoms with Gasteiger partial charge >= 0.3 is 0 Å². The highest BCUT2D eigenvalue weighted by molar-refractivity contribution is 7.79. The first-order valence-corrected chi connectivity index (χ1v) is 8.23. The fourth-order valence-corrected chi connectivity index (χ4v) is 4.44. The van der Waals surface area contributed by atoms with Gasteiger partial charge in [0.25, 0.3) is 0 Å². The fraction of sp³-hybridized carbons (Fsp3) is 0. The number of halogens is 6. The van der Waals surface area contributed by atoms with Crippen LogP contribution in [0.15, 0.2) is 48.7 Å². The van der Waals surface area contributed by atoms with Gasteiger partial charge in [-0.1, -0.05) is 6.07 Å². The molecule has 3 rings (SSSR count). The van der Waals surface area contributed by atoms with E-state index in [1.165, 1.54) is 18.3 Å². The molecule has 3 aromatic rings. The Morgan fingerprint density at radius 1 is 0.600 bits per heavy atom. The lowest BCUT2D eigenvalue weighted by molar-refractivity contribution is 0.497. The van der Waals surface area contributed by atoms with E-state index in [4.69, 9.17) is 0 Å². The highest BCUT2D eigenvalue weighted by atomic mass is 31.1. The molecule has 128 valence electrons. The van der Waals surface area contributed by atoms with Crippen molar-refractivity contribution in [3.8, 4) is 0 Å². The molecule has 1 nitrogen and oxygen atoms in total. The summed E-state index contributed by atoms with van der Waals surface area (Å²) in [5, 5.41) is -0.782. The van der Waals surface area contributed by atoms with Crippen LogP contribution in [0.1, 0.15) is 0 Å². The zero-order valence-corrected chi connectivity index (χ0v) is 13.2. The minimum atomic E-state index is -2.22. The zero-order chi connectivity index (χ0) is 18.1. The third-order valence-electron chi connectivity index (χ3n) is 3.34. The summed E-state index contributed by atoms with van der Waals surface area (Å²) in [7, 11) is -2.22. The second-order valence-electron chi connectivity index (χ2n) is 4.96. The minimum absolute atomic E-state index is 0.118. The third kappa shape index (κ3) is 3.37. The van der Waals surface area contributed by atoms with Gasteiger partial charge in [0.2, 0.25) is 0 Å². The number of pyridine rings is 1. The summed E-state index contributed by atoms with van der Waals surface area (Å²) in [4.78, 5) is 3.98. The molecule has 8 heteroatoms. The van der Waals surface area contributed by atoms with Crippen LogP contribution in [0.4, 0.5) is 26.3 Å². The van der Waals surface area contributed by atoms with Gasteiger partial charge in [-0.15, -0.1) is 0 Å². The molecular weight excluding hydrogens is 363 g/mol. The first kappa shape index (κ1) is 17.4. The van der Waals surface area contributed by atoms with Crippen LogP contribution in [-0.4, -0.2) is 4.98 Å². The molecule has 0 bridgehead atoms. The Morgan fingerprint density at radius 2 is 1.08 bits per heavy atom. The van der Waals surface area contributed by atoms with Crippen LogP contribution in [0, 0.1) is 34.9 Å². The molecule has 0 aliphatic heterocycles. The number of rotatable bonds is 3. The summed E-state index contributed by atoms with van der Waals surface area (Å²) in [5.74, 6) is -7.80. The number of hydrogen-bond donors (Lipinski definition) is 0. The maximum absolute atomic E-state index is 14.3. The van der Waals surface area contributed by atoms with E-state index in [0.29, 0.717) is 24.3 Å². The number of hydrogen-bond acceptors (Lipinski definition) is 1. The Hall–Kier alpha value is -2.40. The molecular formula is C17H8F6NP. The van der Waals surface area contributed by atoms with Crippen molar-refractivity contribution in [2.45, 2.75) is 0 Å². The molecule has 0 spiro atoms. The molecule has 1 heterocycles. The molecule has 0 saturated heterocycles. The Labute approximate surface area is 139 Å². The van der Waals surface area contributed by atoms with Gasteiger partial charge in [0.15, 0.2) is 23.3 Å². The van der Waals surface area contributed by atoms with Gasteiger partial charge in [-0.05, 0) is 24.3 Å². The molecule has 1 aromatic heterocycles. The summed E-state index contributed by atoms with van der Waals surface area (Å²) >= 11 is 0. The van der Waals surface area contributed by atoms with Crippen LogP contribution in [-0.2, 0) is 0 Å². The van der Waals surface area contributed by atoms with Crippen molar-refractivity contribution >= 4 is 24.0 Å². The summed E-state index contributed by atoms with van der Waals surface area (Å²) in [6.07, 6.45) is 1.33. The molecule has 0 saturated carbocycles. The fourth-order valence-electron chi connectivity index (χ4n) is 2.23. The van der Waals surface area contributed by atoms with Crippen molar-refractivity contribution in [1.82, 2.24) is 4.98 Å². The summed E-state index contributed by atoms with van der Waals surface area (Å²) in [6, 6.07) is 6.26. The van der Waals surface area contributed by atoms with E-state index in [0.717, 1.165) is 0 Å². The molecule has 0 N–H and O–H groups in total. The topological polar surface area (TPSA) is 12.9 Å². The Kier molecular flexibility index (Phi) is 4.77. The molecule has 0 unspecified atom stereocenters. The maximum atomic E-state index is 14.3. The number of benzene rings is 2. The monoisotopic (exact) mass is 371 g/mol. The summed E-state index contributed by atoms with van der Waals surface area (Å²) in [5.41, 5.74) is 0.118. The SMILES string of the molecule is Fc1cc(F)c(P(c2ccccn2)c2cc(F)c(F)cc2F)cc1F. The molecule has 2 aromatic carbocycles. The van der Waals surface area contributed by atoms with E-state index in [1.54, 1.807) is 6.07 Å². The molecule has 0 aliphatic rings. The molecule has 0 radical (unpaired) electrons. The first-order valence-electron chi connectivity index (χ1n) is 6.88. The van der Waals surface area contributed by atoms with E-state index in [9.17, 15) is 26.3 Å². The highest BCUT2D eigenvalue weighted by Gasteiger charge is 2.27. The van der Waals surface area contributed by atoms with Crippen LogP contribution < -0.4 is 16.0 Å². The zero-order valence-electron chi connectivity index (χ0n) is 12.3. The summed E-state index contributed by atoms with van der Waals surface area (Å²) in [6.45, 7) is 0. The van der Waals surface area contributed by atoms with E-state index in [-0.39, 0.29) is 5.44 Å². The van der Waals surface area contributed by atoms with Crippen LogP contribution in [0.25, 0.3) is 0 Å². The van der Waals surface area contributed by atoms with Gasteiger partial charge in [0.1, 0.15) is 11.6 Å². The van der Waals surface area contributed by atoms with Gasteiger partial charge in [0, 0.05) is 36.9 Å². The quantitative estimate of drug-likeness (QED) is 0.389. The first-order chi connectivity index (χ1) is 11.9. The second kappa shape index (κ2) is 6.84. The third-order valence-corrected chi connectivity index (χ3v) is 5.71. The van der Waals surface area contributed by atoms with Crippen molar-refractivity contribution < 1.29 is 26.3 Å². The van der Waals surface area contributed by atoms with E-state index in [1.807, 2.05) is 0 Å². The second-order valence-corrected chi connectivity index (χ2v) is 7.05. The maximum Gasteiger partial charge on any atom is 0.161 e. The molecule has 0 fully saturated rings. The lowest BCUT2D eigenvalue weighted by atomic mass is 10.3. The van der Waals surface area contributed by atoms with Crippen molar-refractivity contribution in [2.75, 3.05) is 0 Å². The van der Waals surface area contributed by atoms with Gasteiger partial charge in [-0.2, -0.15) is 0 Å². The van der Waals surface area contributed by atoms with E-state index >= 15 is 0 Å². The van der Waals surface area contributed by atoms with Gasteiger partial charge in [-0.3, -0.25) is 4.98 Å². The van der Waals surface area contributed by atoms with Crippen molar-refractivity contribution in [2.24, 2.45) is 0 Å². The van der Waals surface area contributed by atoms with E-state index in [2.05, 4.69) is 4.98 Å². The highest BCUT2D eigenvalue weighted by Crippen LogP contribution is 2.35. The van der Waals surface area contributed by atoms with Crippen molar-refractivity contribution in [1.29, 1.82) is 0 Å². The lowest BCUT2D eigenvalue weighted by Crippen LogP contribution is -2.27. The number of nitrogens with zero attached hydrogens (tertiary/aromatic N) is 1. The Balaban J connectivity index is 2.29. The molecule has 0 aliphatic carbocycles. The van der Waals surface area contributed by atoms with Crippen LogP contribution >= 0.6 is 7.92 Å². The van der Waals surface area contributed by atoms with Crippen LogP contribution in [0.5, 0.6) is 0 Å².